The van der Waals surface area contributed by atoms with Gasteiger partial charge in [-0.15, -0.1) is 0 Å². The van der Waals surface area contributed by atoms with Gasteiger partial charge in [0.05, 0.1) is 13.2 Å². The topological polar surface area (TPSA) is 47.3 Å². The molecule has 0 amide bonds. The van der Waals surface area contributed by atoms with Crippen molar-refractivity contribution in [2.45, 2.75) is 24.8 Å². The Hall–Kier alpha value is -1.55. The van der Waals surface area contributed by atoms with E-state index in [2.05, 4.69) is 29.7 Å². The summed E-state index contributed by atoms with van der Waals surface area (Å²) < 4.78 is 5.43. The lowest BCUT2D eigenvalue weighted by Gasteiger charge is -2.33. The zero-order valence-electron chi connectivity index (χ0n) is 12.0. The molecular formula is C17H19ClN2O. The molecule has 0 saturated heterocycles. The normalized spacial score (nSPS) is 17.8. The van der Waals surface area contributed by atoms with Gasteiger partial charge in [-0.1, -0.05) is 35.9 Å². The summed E-state index contributed by atoms with van der Waals surface area (Å²) in [4.78, 5) is 0. The molecule has 3 N–H and O–H groups in total. The summed E-state index contributed by atoms with van der Waals surface area (Å²) in [6, 6.07) is 14.2. The maximum atomic E-state index is 6.12. The Kier molecular flexibility index (Phi) is 4.15. The highest BCUT2D eigenvalue weighted by Crippen LogP contribution is 2.42. The van der Waals surface area contributed by atoms with Gasteiger partial charge in [0.15, 0.2) is 0 Å². The zero-order chi connectivity index (χ0) is 14.8. The highest BCUT2D eigenvalue weighted by Gasteiger charge is 2.29. The first-order chi connectivity index (χ1) is 10.2. The fraction of sp³-hybridized carbons (Fsp3) is 0.294. The number of hydrogen-bond acceptors (Lipinski definition) is 3. The van der Waals surface area contributed by atoms with Crippen LogP contribution in [0.3, 0.4) is 0 Å². The third-order valence-corrected chi connectivity index (χ3v) is 4.48. The Bertz CT molecular complexity index is 644. The van der Waals surface area contributed by atoms with E-state index in [0.29, 0.717) is 10.9 Å². The van der Waals surface area contributed by atoms with Crippen molar-refractivity contribution < 1.29 is 4.74 Å². The van der Waals surface area contributed by atoms with Crippen LogP contribution in [0.4, 0.5) is 0 Å². The van der Waals surface area contributed by atoms with Gasteiger partial charge in [0.25, 0.3) is 0 Å². The molecule has 0 aromatic heterocycles. The predicted octanol–water partition coefficient (Wildman–Crippen LogP) is 3.58. The summed E-state index contributed by atoms with van der Waals surface area (Å²) >= 11 is 6.12. The van der Waals surface area contributed by atoms with Crippen molar-refractivity contribution in [3.05, 3.63) is 64.2 Å². The lowest BCUT2D eigenvalue weighted by molar-refractivity contribution is 0.383. The van der Waals surface area contributed by atoms with Gasteiger partial charge >= 0.3 is 0 Å². The molecule has 0 radical (unpaired) electrons. The molecule has 4 heteroatoms. The first-order valence-corrected chi connectivity index (χ1v) is 7.48. The van der Waals surface area contributed by atoms with Crippen LogP contribution >= 0.6 is 11.6 Å². The van der Waals surface area contributed by atoms with E-state index in [1.807, 2.05) is 18.2 Å². The Morgan fingerprint density at radius 3 is 2.86 bits per heavy atom. The zero-order valence-corrected chi connectivity index (χ0v) is 12.7. The Labute approximate surface area is 130 Å². The highest BCUT2D eigenvalue weighted by atomic mass is 35.5. The Morgan fingerprint density at radius 2 is 2.14 bits per heavy atom. The van der Waals surface area contributed by atoms with Gasteiger partial charge in [-0.3, -0.25) is 11.3 Å². The predicted molar refractivity (Wildman–Crippen MR) is 85.6 cm³/mol. The van der Waals surface area contributed by atoms with Crippen molar-refractivity contribution in [3.63, 3.8) is 0 Å². The molecule has 2 atom stereocenters. The first-order valence-electron chi connectivity index (χ1n) is 7.10. The highest BCUT2D eigenvalue weighted by molar-refractivity contribution is 6.30. The maximum absolute atomic E-state index is 6.12. The van der Waals surface area contributed by atoms with Crippen LogP contribution in [0.5, 0.6) is 5.75 Å². The van der Waals surface area contributed by atoms with E-state index in [4.69, 9.17) is 22.2 Å². The second-order valence-corrected chi connectivity index (χ2v) is 5.88. The Morgan fingerprint density at radius 1 is 1.33 bits per heavy atom. The molecule has 2 aromatic rings. The number of nitrogens with two attached hydrogens (primary N) is 1. The number of nitrogens with one attached hydrogen (secondary N) is 1. The number of fused-ring (bicyclic) bond motifs is 1. The number of halogens is 1. The number of methoxy groups -OCH3 is 1. The quantitative estimate of drug-likeness (QED) is 0.655. The number of hydrazine groups is 1. The number of hydrogen-bond donors (Lipinski definition) is 2. The third kappa shape index (κ3) is 2.77. The molecule has 3 rings (SSSR count). The van der Waals surface area contributed by atoms with E-state index in [9.17, 15) is 0 Å². The van der Waals surface area contributed by atoms with Crippen LogP contribution in [0, 0.1) is 0 Å². The summed E-state index contributed by atoms with van der Waals surface area (Å²) in [5, 5.41) is 0.694. The van der Waals surface area contributed by atoms with Crippen LogP contribution in [-0.4, -0.2) is 7.11 Å². The van der Waals surface area contributed by atoms with Crippen LogP contribution in [0.1, 0.15) is 35.1 Å². The molecule has 2 aromatic carbocycles. The van der Waals surface area contributed by atoms with Crippen LogP contribution < -0.4 is 16.0 Å². The minimum absolute atomic E-state index is 0.0250. The second kappa shape index (κ2) is 6.06. The van der Waals surface area contributed by atoms with Gasteiger partial charge < -0.3 is 4.74 Å². The standard InChI is InChI=1S/C17H19ClN2O/c1-21-17-7-6-13(18)10-15(17)16(20-19)9-12-8-11-4-2-3-5-14(11)12/h2-7,10,12,16,20H,8-9,19H2,1H3. The van der Waals surface area contributed by atoms with Gasteiger partial charge in [-0.2, -0.15) is 0 Å². The van der Waals surface area contributed by atoms with E-state index >= 15 is 0 Å². The van der Waals surface area contributed by atoms with E-state index in [-0.39, 0.29) is 6.04 Å². The average molecular weight is 303 g/mol. The van der Waals surface area contributed by atoms with Crippen molar-refractivity contribution in [1.29, 1.82) is 0 Å². The van der Waals surface area contributed by atoms with E-state index in [0.717, 1.165) is 24.2 Å². The summed E-state index contributed by atoms with van der Waals surface area (Å²) in [7, 11) is 1.67. The van der Waals surface area contributed by atoms with Crippen LogP contribution in [0.2, 0.25) is 5.02 Å². The van der Waals surface area contributed by atoms with Crippen molar-refractivity contribution in [1.82, 2.24) is 5.43 Å². The lowest BCUT2D eigenvalue weighted by Crippen LogP contribution is -2.31. The SMILES string of the molecule is COc1ccc(Cl)cc1C(CC1Cc2ccccc21)NN. The summed E-state index contributed by atoms with van der Waals surface area (Å²) in [6.45, 7) is 0. The number of ether oxygens (including phenoxy) is 1. The molecule has 21 heavy (non-hydrogen) atoms. The minimum atomic E-state index is 0.0250. The van der Waals surface area contributed by atoms with Crippen molar-refractivity contribution in [2.24, 2.45) is 5.84 Å². The third-order valence-electron chi connectivity index (χ3n) is 4.25. The summed E-state index contributed by atoms with van der Waals surface area (Å²) in [5.74, 6) is 7.12. The smallest absolute Gasteiger partial charge is 0.123 e. The molecule has 110 valence electrons. The van der Waals surface area contributed by atoms with Gasteiger partial charge in [-0.05, 0) is 48.1 Å². The molecule has 0 bridgehead atoms. The maximum Gasteiger partial charge on any atom is 0.123 e. The number of rotatable bonds is 5. The van der Waals surface area contributed by atoms with Gasteiger partial charge in [0, 0.05) is 10.6 Å². The monoisotopic (exact) mass is 302 g/mol. The van der Waals surface area contributed by atoms with Crippen molar-refractivity contribution in [2.75, 3.05) is 7.11 Å². The van der Waals surface area contributed by atoms with E-state index in [1.165, 1.54) is 11.1 Å². The van der Waals surface area contributed by atoms with Crippen molar-refractivity contribution >= 4 is 11.6 Å². The van der Waals surface area contributed by atoms with Gasteiger partial charge in [0.1, 0.15) is 5.75 Å². The second-order valence-electron chi connectivity index (χ2n) is 5.44. The van der Waals surface area contributed by atoms with E-state index < -0.39 is 0 Å². The van der Waals surface area contributed by atoms with Crippen LogP contribution in [0.25, 0.3) is 0 Å². The molecule has 0 aliphatic heterocycles. The van der Waals surface area contributed by atoms with Gasteiger partial charge in [0.2, 0.25) is 0 Å². The molecule has 1 aliphatic carbocycles. The summed E-state index contributed by atoms with van der Waals surface area (Å²) in [5.41, 5.74) is 6.79. The molecule has 0 spiro atoms. The summed E-state index contributed by atoms with van der Waals surface area (Å²) in [6.07, 6.45) is 2.04. The molecule has 0 heterocycles. The van der Waals surface area contributed by atoms with Crippen LogP contribution in [-0.2, 0) is 6.42 Å². The number of benzene rings is 2. The average Bonchev–Trinajstić information content (AvgIpc) is 2.48. The first kappa shape index (κ1) is 14.4. The molecule has 3 nitrogen and oxygen atoms in total. The Balaban J connectivity index is 1.82. The molecule has 0 saturated carbocycles. The van der Waals surface area contributed by atoms with Crippen LogP contribution in [0.15, 0.2) is 42.5 Å². The largest absolute Gasteiger partial charge is 0.496 e. The molecular weight excluding hydrogens is 284 g/mol. The molecule has 0 fully saturated rings. The fourth-order valence-electron chi connectivity index (χ4n) is 3.12. The van der Waals surface area contributed by atoms with Crippen molar-refractivity contribution in [3.8, 4) is 5.75 Å². The fourth-order valence-corrected chi connectivity index (χ4v) is 3.30. The molecule has 2 unspecified atom stereocenters. The lowest BCUT2D eigenvalue weighted by atomic mass is 9.74. The molecule has 1 aliphatic rings. The van der Waals surface area contributed by atoms with E-state index in [1.54, 1.807) is 7.11 Å². The minimum Gasteiger partial charge on any atom is -0.496 e. The van der Waals surface area contributed by atoms with Gasteiger partial charge in [-0.25, -0.2) is 0 Å².